The van der Waals surface area contributed by atoms with Crippen LogP contribution in [0.4, 0.5) is 0 Å². The number of amides is 1. The minimum absolute atomic E-state index is 0.00396. The van der Waals surface area contributed by atoms with Gasteiger partial charge in [0.15, 0.2) is 9.84 Å². The van der Waals surface area contributed by atoms with E-state index in [-0.39, 0.29) is 42.6 Å². The molecule has 1 amide bonds. The lowest BCUT2D eigenvalue weighted by molar-refractivity contribution is -0.137. The van der Waals surface area contributed by atoms with Gasteiger partial charge in [0, 0.05) is 25.7 Å². The highest BCUT2D eigenvalue weighted by Gasteiger charge is 2.47. The molecule has 9 heteroatoms. The van der Waals surface area contributed by atoms with Gasteiger partial charge in [0.1, 0.15) is 6.54 Å². The Morgan fingerprint density at radius 1 is 1.19 bits per heavy atom. The van der Waals surface area contributed by atoms with Crippen LogP contribution in [0.3, 0.4) is 0 Å². The Labute approximate surface area is 151 Å². The first-order chi connectivity index (χ1) is 12.5. The number of carbonyl (C=O) groups excluding carboxylic acids is 1. The average Bonchev–Trinajstić information content (AvgIpc) is 3.15. The van der Waals surface area contributed by atoms with Crippen LogP contribution in [0.5, 0.6) is 0 Å². The van der Waals surface area contributed by atoms with Gasteiger partial charge in [-0.15, -0.1) is 0 Å². The molecule has 0 bridgehead atoms. The largest absolute Gasteiger partial charge is 0.395 e. The summed E-state index contributed by atoms with van der Waals surface area (Å²) in [6.07, 6.45) is 1.65. The quantitative estimate of drug-likeness (QED) is 0.759. The minimum Gasteiger partial charge on any atom is -0.395 e. The molecule has 0 saturated carbocycles. The Hall–Kier alpha value is -1.97. The molecule has 2 aliphatic rings. The monoisotopic (exact) mass is 378 g/mol. The lowest BCUT2D eigenvalue weighted by atomic mass is 10.0. The third-order valence-corrected chi connectivity index (χ3v) is 7.03. The summed E-state index contributed by atoms with van der Waals surface area (Å²) in [7, 11) is -3.18. The number of piperazine rings is 1. The van der Waals surface area contributed by atoms with Gasteiger partial charge in [0.25, 0.3) is 0 Å². The number of aliphatic hydroxyl groups is 1. The number of imidazole rings is 1. The second-order valence-electron chi connectivity index (χ2n) is 6.92. The van der Waals surface area contributed by atoms with Crippen molar-refractivity contribution in [2.24, 2.45) is 0 Å². The van der Waals surface area contributed by atoms with Crippen LogP contribution in [-0.2, 0) is 21.2 Å². The number of aromatic nitrogens is 2. The van der Waals surface area contributed by atoms with Crippen molar-refractivity contribution in [1.29, 1.82) is 0 Å². The standard InChI is InChI=1S/C17H22N4O4S/c22-8-7-19-5-6-21(16-11-26(24,25)10-15(16)19)17(23)9-20-12-18-13-3-1-2-4-14(13)20/h1-4,12,15-16,22H,5-11H2/t15-,16+/m1/s1. The summed E-state index contributed by atoms with van der Waals surface area (Å²) in [4.78, 5) is 20.9. The summed E-state index contributed by atoms with van der Waals surface area (Å²) in [5, 5.41) is 9.23. The Bertz CT molecular complexity index is 926. The number of hydrogen-bond donors (Lipinski definition) is 1. The van der Waals surface area contributed by atoms with Gasteiger partial charge in [0.05, 0.1) is 41.5 Å². The number of carbonyl (C=O) groups is 1. The molecular weight excluding hydrogens is 356 g/mol. The van der Waals surface area contributed by atoms with E-state index in [9.17, 15) is 18.3 Å². The van der Waals surface area contributed by atoms with E-state index in [0.29, 0.717) is 19.6 Å². The molecule has 0 radical (unpaired) electrons. The third kappa shape index (κ3) is 3.10. The molecule has 2 saturated heterocycles. The molecule has 2 aromatic rings. The molecule has 1 aromatic carbocycles. The van der Waals surface area contributed by atoms with Crippen molar-refractivity contribution in [2.45, 2.75) is 18.6 Å². The van der Waals surface area contributed by atoms with Gasteiger partial charge in [-0.25, -0.2) is 13.4 Å². The fourth-order valence-corrected chi connectivity index (χ4v) is 6.13. The predicted octanol–water partition coefficient (Wildman–Crippen LogP) is -0.662. The third-order valence-electron chi connectivity index (χ3n) is 5.33. The predicted molar refractivity (Wildman–Crippen MR) is 96.3 cm³/mol. The second kappa shape index (κ2) is 6.64. The summed E-state index contributed by atoms with van der Waals surface area (Å²) in [6, 6.07) is 7.03. The highest BCUT2D eigenvalue weighted by atomic mass is 32.2. The SMILES string of the molecule is O=C(Cn1cnc2ccccc21)N1CCN(CCO)[C@@H]2CS(=O)(=O)C[C@@H]21. The molecule has 8 nitrogen and oxygen atoms in total. The summed E-state index contributed by atoms with van der Waals surface area (Å²) in [5.41, 5.74) is 1.71. The van der Waals surface area contributed by atoms with Gasteiger partial charge in [-0.3, -0.25) is 9.69 Å². The number of rotatable bonds is 4. The number of sulfone groups is 1. The van der Waals surface area contributed by atoms with Crippen LogP contribution in [0.2, 0.25) is 0 Å². The zero-order valence-corrected chi connectivity index (χ0v) is 15.2. The van der Waals surface area contributed by atoms with Crippen LogP contribution in [0.15, 0.2) is 30.6 Å². The van der Waals surface area contributed by atoms with E-state index in [1.165, 1.54) is 0 Å². The van der Waals surface area contributed by atoms with Crippen LogP contribution in [0, 0.1) is 0 Å². The molecule has 0 aliphatic carbocycles. The van der Waals surface area contributed by atoms with E-state index in [4.69, 9.17) is 0 Å². The van der Waals surface area contributed by atoms with Crippen molar-refractivity contribution in [3.05, 3.63) is 30.6 Å². The van der Waals surface area contributed by atoms with Gasteiger partial charge in [-0.1, -0.05) is 12.1 Å². The molecule has 4 rings (SSSR count). The fraction of sp³-hybridized carbons (Fsp3) is 0.529. The molecule has 0 unspecified atom stereocenters. The molecule has 1 N–H and O–H groups in total. The maximum Gasteiger partial charge on any atom is 0.242 e. The zero-order valence-electron chi connectivity index (χ0n) is 14.4. The van der Waals surface area contributed by atoms with Crippen LogP contribution in [0.1, 0.15) is 0 Å². The van der Waals surface area contributed by atoms with E-state index >= 15 is 0 Å². The number of hydrogen-bond acceptors (Lipinski definition) is 6. The molecule has 3 heterocycles. The van der Waals surface area contributed by atoms with Crippen LogP contribution in [-0.4, -0.2) is 88.6 Å². The number of aliphatic hydroxyl groups excluding tert-OH is 1. The molecule has 26 heavy (non-hydrogen) atoms. The highest BCUT2D eigenvalue weighted by Crippen LogP contribution is 2.27. The molecule has 2 fully saturated rings. The van der Waals surface area contributed by atoms with Crippen molar-refractivity contribution >= 4 is 26.8 Å². The zero-order chi connectivity index (χ0) is 18.3. The van der Waals surface area contributed by atoms with Gasteiger partial charge in [-0.2, -0.15) is 0 Å². The average molecular weight is 378 g/mol. The Morgan fingerprint density at radius 3 is 2.77 bits per heavy atom. The van der Waals surface area contributed by atoms with Gasteiger partial charge in [-0.05, 0) is 12.1 Å². The Morgan fingerprint density at radius 2 is 1.96 bits per heavy atom. The van der Waals surface area contributed by atoms with Gasteiger partial charge in [0.2, 0.25) is 5.91 Å². The first kappa shape index (κ1) is 17.4. The van der Waals surface area contributed by atoms with Crippen LogP contribution < -0.4 is 0 Å². The summed E-state index contributed by atoms with van der Waals surface area (Å²) >= 11 is 0. The number of benzene rings is 1. The first-order valence-corrected chi connectivity index (χ1v) is 10.6. The number of para-hydroxylation sites is 2. The maximum atomic E-state index is 12.9. The lowest BCUT2D eigenvalue weighted by Gasteiger charge is -2.43. The number of fused-ring (bicyclic) bond motifs is 2. The molecule has 1 aromatic heterocycles. The molecule has 140 valence electrons. The van der Waals surface area contributed by atoms with E-state index in [0.717, 1.165) is 11.0 Å². The van der Waals surface area contributed by atoms with Crippen molar-refractivity contribution in [3.63, 3.8) is 0 Å². The number of β-amino-alcohol motifs (C(OH)–C–C–N with tert-alkyl or cyclic N) is 1. The van der Waals surface area contributed by atoms with E-state index in [2.05, 4.69) is 4.98 Å². The molecule has 2 aliphatic heterocycles. The maximum absolute atomic E-state index is 12.9. The van der Waals surface area contributed by atoms with Crippen molar-refractivity contribution in [1.82, 2.24) is 19.4 Å². The molecule has 0 spiro atoms. The minimum atomic E-state index is -3.18. The smallest absolute Gasteiger partial charge is 0.242 e. The molecule has 2 atom stereocenters. The van der Waals surface area contributed by atoms with Gasteiger partial charge >= 0.3 is 0 Å². The van der Waals surface area contributed by atoms with E-state index in [1.807, 2.05) is 29.2 Å². The van der Waals surface area contributed by atoms with Crippen molar-refractivity contribution in [2.75, 3.05) is 37.7 Å². The summed E-state index contributed by atoms with van der Waals surface area (Å²) in [6.45, 7) is 1.61. The summed E-state index contributed by atoms with van der Waals surface area (Å²) in [5.74, 6) is -0.0465. The Balaban J connectivity index is 1.56. The van der Waals surface area contributed by atoms with E-state index in [1.54, 1.807) is 15.8 Å². The normalized spacial score (nSPS) is 25.5. The fourth-order valence-electron chi connectivity index (χ4n) is 4.11. The van der Waals surface area contributed by atoms with Crippen LogP contribution in [0.25, 0.3) is 11.0 Å². The topological polar surface area (TPSA) is 95.7 Å². The lowest BCUT2D eigenvalue weighted by Crippen LogP contribution is -2.61. The van der Waals surface area contributed by atoms with Crippen LogP contribution >= 0.6 is 0 Å². The highest BCUT2D eigenvalue weighted by molar-refractivity contribution is 7.91. The Kier molecular flexibility index (Phi) is 4.45. The molecular formula is C17H22N4O4S. The first-order valence-electron chi connectivity index (χ1n) is 8.73. The van der Waals surface area contributed by atoms with Gasteiger partial charge < -0.3 is 14.6 Å². The van der Waals surface area contributed by atoms with Crippen molar-refractivity contribution < 1.29 is 18.3 Å². The van der Waals surface area contributed by atoms with E-state index < -0.39 is 9.84 Å². The number of nitrogens with zero attached hydrogens (tertiary/aromatic N) is 4. The second-order valence-corrected chi connectivity index (χ2v) is 9.07. The van der Waals surface area contributed by atoms with Crippen molar-refractivity contribution in [3.8, 4) is 0 Å². The summed E-state index contributed by atoms with van der Waals surface area (Å²) < 4.78 is 26.1.